The number of hydrogen-bond donors (Lipinski definition) is 0. The fourth-order valence-corrected chi connectivity index (χ4v) is 0.606. The molecule has 1 aliphatic rings. The molecule has 1 atom stereocenters. The molecule has 40 valence electrons. The van der Waals surface area contributed by atoms with E-state index in [1.807, 2.05) is 6.92 Å². The zero-order valence-corrected chi connectivity index (χ0v) is 4.35. The minimum Gasteiger partial charge on any atom is -0.339 e. The Labute approximate surface area is 42.5 Å². The minimum absolute atomic E-state index is 0.208. The van der Waals surface area contributed by atoms with E-state index in [0.29, 0.717) is 6.61 Å². The van der Waals surface area contributed by atoms with E-state index in [0.717, 1.165) is 6.42 Å². The molecule has 0 aliphatic carbocycles. The molecule has 1 saturated heterocycles. The summed E-state index contributed by atoms with van der Waals surface area (Å²) >= 11 is 0. The summed E-state index contributed by atoms with van der Waals surface area (Å²) in [4.78, 5) is 8.69. The smallest absolute Gasteiger partial charge is 0.339 e. The lowest BCUT2D eigenvalue weighted by molar-refractivity contribution is 0.312. The molecule has 0 amide bonds. The van der Waals surface area contributed by atoms with Gasteiger partial charge in [-0.2, -0.15) is 0 Å². The van der Waals surface area contributed by atoms with Gasteiger partial charge >= 0.3 is 5.97 Å². The molecule has 1 N–H and O–H groups in total. The van der Waals surface area contributed by atoms with E-state index in [9.17, 15) is 0 Å². The largest absolute Gasteiger partial charge is 0.485 e. The molecule has 1 aliphatic heterocycles. The summed E-state index contributed by atoms with van der Waals surface area (Å²) in [5.41, 5.74) is 0. The summed E-state index contributed by atoms with van der Waals surface area (Å²) in [7, 11) is 0. The maximum absolute atomic E-state index is 8.69. The lowest BCUT2D eigenvalue weighted by Crippen LogP contribution is -2.01. The fourth-order valence-electron chi connectivity index (χ4n) is 0.606. The Morgan fingerprint density at radius 3 is 2.71 bits per heavy atom. The van der Waals surface area contributed by atoms with Crippen molar-refractivity contribution >= 4 is 5.97 Å². The zero-order chi connectivity index (χ0) is 5.28. The highest BCUT2D eigenvalue weighted by Gasteiger charge is 2.29. The maximum Gasteiger partial charge on any atom is 0.485 e. The molecule has 0 aromatic carbocycles. The lowest BCUT2D eigenvalue weighted by atomic mass is 10.2. The van der Waals surface area contributed by atoms with Gasteiger partial charge in [0.05, 0.1) is 0 Å². The quantitative estimate of drug-likeness (QED) is 0.323. The van der Waals surface area contributed by atoms with Gasteiger partial charge in [-0.1, -0.05) is 0 Å². The van der Waals surface area contributed by atoms with Crippen LogP contribution in [0.4, 0.5) is 0 Å². The highest BCUT2D eigenvalue weighted by atomic mass is 16.5. The summed E-state index contributed by atoms with van der Waals surface area (Å²) in [5, 5.41) is 0. The molecule has 7 heavy (non-hydrogen) atoms. The predicted octanol–water partition coefficient (Wildman–Crippen LogP) is 0.545. The Balaban J connectivity index is 2.48. The van der Waals surface area contributed by atoms with Crippen molar-refractivity contribution in [3.8, 4) is 0 Å². The van der Waals surface area contributed by atoms with Crippen LogP contribution in [0.3, 0.4) is 0 Å². The molecule has 1 heterocycles. The van der Waals surface area contributed by atoms with E-state index >= 15 is 0 Å². The van der Waals surface area contributed by atoms with E-state index in [-0.39, 0.29) is 11.9 Å². The van der Waals surface area contributed by atoms with Crippen molar-refractivity contribution in [3.05, 3.63) is 0 Å². The Morgan fingerprint density at radius 1 is 1.86 bits per heavy atom. The fraction of sp³-hybridized carbons (Fsp3) is 0.800. The molecule has 0 radical (unpaired) electrons. The van der Waals surface area contributed by atoms with Crippen LogP contribution in [-0.2, 0) is 4.74 Å². The second kappa shape index (κ2) is 1.52. The highest BCUT2D eigenvalue weighted by molar-refractivity contribution is 5.74. The van der Waals surface area contributed by atoms with E-state index in [2.05, 4.69) is 0 Å². The van der Waals surface area contributed by atoms with Crippen LogP contribution >= 0.6 is 0 Å². The van der Waals surface area contributed by atoms with Crippen LogP contribution in [0, 0.1) is 5.92 Å². The second-order valence-electron chi connectivity index (χ2n) is 1.88. The summed E-state index contributed by atoms with van der Waals surface area (Å²) in [6, 6.07) is 0. The van der Waals surface area contributed by atoms with Crippen molar-refractivity contribution in [2.75, 3.05) is 6.61 Å². The average Bonchev–Trinajstić information content (AvgIpc) is 1.91. The predicted molar refractivity (Wildman–Crippen MR) is 26.7 cm³/mol. The minimum atomic E-state index is 0.208. The molecule has 0 aromatic heterocycles. The van der Waals surface area contributed by atoms with Crippen LogP contribution in [0.2, 0.25) is 0 Å². The molecule has 1 fully saturated rings. The third kappa shape index (κ3) is 0.734. The Bertz CT molecular complexity index is 88.1. The van der Waals surface area contributed by atoms with Gasteiger partial charge in [-0.15, -0.1) is 0 Å². The molecule has 2 heteroatoms. The summed E-state index contributed by atoms with van der Waals surface area (Å²) in [5.74, 6) is 0.472. The van der Waals surface area contributed by atoms with Gasteiger partial charge in [0.1, 0.15) is 5.92 Å². The SMILES string of the molecule is CC1CCOC1=[OH+]. The first kappa shape index (κ1) is 4.62. The summed E-state index contributed by atoms with van der Waals surface area (Å²) in [6.45, 7) is 2.63. The summed E-state index contributed by atoms with van der Waals surface area (Å²) < 4.78 is 4.74. The zero-order valence-electron chi connectivity index (χ0n) is 4.35. The van der Waals surface area contributed by atoms with Crippen LogP contribution in [0.1, 0.15) is 13.3 Å². The first-order valence-corrected chi connectivity index (χ1v) is 2.49. The molecular formula is C5H9O2+. The number of carbonyl (C=O) groups excluding carboxylic acids is 1. The van der Waals surface area contributed by atoms with Crippen LogP contribution in [0.15, 0.2) is 0 Å². The standard InChI is InChI=1S/C5H8O2/c1-4-2-3-7-5(4)6/h4H,2-3H2,1H3/p+1. The highest BCUT2D eigenvalue weighted by Crippen LogP contribution is 2.11. The van der Waals surface area contributed by atoms with E-state index < -0.39 is 0 Å². The molecule has 2 nitrogen and oxygen atoms in total. The van der Waals surface area contributed by atoms with Gasteiger partial charge in [-0.3, -0.25) is 0 Å². The molecule has 1 unspecified atom stereocenters. The monoisotopic (exact) mass is 101 g/mol. The van der Waals surface area contributed by atoms with Crippen LogP contribution < -0.4 is 0 Å². The van der Waals surface area contributed by atoms with Crippen molar-refractivity contribution < 1.29 is 9.53 Å². The van der Waals surface area contributed by atoms with Gasteiger partial charge in [0, 0.05) is 6.42 Å². The van der Waals surface area contributed by atoms with Crippen molar-refractivity contribution in [1.82, 2.24) is 0 Å². The van der Waals surface area contributed by atoms with E-state index in [1.54, 1.807) is 0 Å². The molecule has 0 aromatic rings. The van der Waals surface area contributed by atoms with Gasteiger partial charge in [0.2, 0.25) is 0 Å². The molecule has 1 rings (SSSR count). The number of cyclic esters (lactones) is 1. The number of hydrogen-bond acceptors (Lipinski definition) is 1. The van der Waals surface area contributed by atoms with Crippen molar-refractivity contribution in [3.63, 3.8) is 0 Å². The first-order chi connectivity index (χ1) is 3.30. The van der Waals surface area contributed by atoms with Gasteiger partial charge in [0.15, 0.2) is 6.61 Å². The normalized spacial score (nSPS) is 30.4. The van der Waals surface area contributed by atoms with Crippen LogP contribution in [0.25, 0.3) is 0 Å². The molecular weight excluding hydrogens is 92.1 g/mol. The summed E-state index contributed by atoms with van der Waals surface area (Å²) in [6.07, 6.45) is 0.964. The van der Waals surface area contributed by atoms with Crippen molar-refractivity contribution in [2.45, 2.75) is 13.3 Å². The Hall–Kier alpha value is -0.530. The Kier molecular flexibility index (Phi) is 1.01. The van der Waals surface area contributed by atoms with Crippen molar-refractivity contribution in [2.24, 2.45) is 5.92 Å². The second-order valence-corrected chi connectivity index (χ2v) is 1.88. The van der Waals surface area contributed by atoms with Gasteiger partial charge in [-0.05, 0) is 6.92 Å². The van der Waals surface area contributed by atoms with E-state index in [4.69, 9.17) is 9.53 Å². The lowest BCUT2D eigenvalue weighted by Gasteiger charge is -1.80. The van der Waals surface area contributed by atoms with Crippen LogP contribution in [0.5, 0.6) is 0 Å². The van der Waals surface area contributed by atoms with Gasteiger partial charge in [0.25, 0.3) is 0 Å². The number of rotatable bonds is 0. The van der Waals surface area contributed by atoms with Gasteiger partial charge in [-0.25, -0.2) is 0 Å². The number of ether oxygens (including phenoxy) is 1. The Morgan fingerprint density at radius 2 is 2.57 bits per heavy atom. The number of esters is 1. The maximum atomic E-state index is 8.69. The van der Waals surface area contributed by atoms with Crippen LogP contribution in [-0.4, -0.2) is 17.4 Å². The third-order valence-corrected chi connectivity index (χ3v) is 1.22. The van der Waals surface area contributed by atoms with E-state index in [1.165, 1.54) is 0 Å². The topological polar surface area (TPSA) is 30.6 Å². The third-order valence-electron chi connectivity index (χ3n) is 1.22. The molecule has 0 spiro atoms. The molecule has 0 saturated carbocycles. The van der Waals surface area contributed by atoms with Crippen molar-refractivity contribution in [1.29, 1.82) is 0 Å². The molecule has 0 bridgehead atoms. The van der Waals surface area contributed by atoms with Gasteiger partial charge < -0.3 is 9.53 Å². The first-order valence-electron chi connectivity index (χ1n) is 2.49. The average molecular weight is 101 g/mol.